The summed E-state index contributed by atoms with van der Waals surface area (Å²) in [5.74, 6) is -1.04. The molecule has 3 aromatic rings. The highest BCUT2D eigenvalue weighted by atomic mass is 35.5. The summed E-state index contributed by atoms with van der Waals surface area (Å²) in [6, 6.07) is 13.7. The molecule has 0 aliphatic carbocycles. The number of benzene rings is 2. The molecule has 2 N–H and O–H groups in total. The number of halogens is 2. The maximum Gasteiger partial charge on any atom is 0.347 e. The van der Waals surface area contributed by atoms with Crippen molar-refractivity contribution in [3.8, 4) is 0 Å². The third-order valence-electron chi connectivity index (χ3n) is 5.44. The molecule has 1 aliphatic heterocycles. The molecule has 0 saturated heterocycles. The molecular formula is C26H27ClFN5O3S. The lowest BCUT2D eigenvalue weighted by molar-refractivity contribution is -0.137. The molecule has 0 bridgehead atoms. The van der Waals surface area contributed by atoms with Gasteiger partial charge in [-0.05, 0) is 31.5 Å². The number of carbonyl (C=O) groups excluding carboxylic acids is 1. The number of esters is 1. The molecule has 37 heavy (non-hydrogen) atoms. The minimum Gasteiger partial charge on any atom is -0.462 e. The Balaban J connectivity index is 1.95. The minimum absolute atomic E-state index is 0.0397. The number of aliphatic imine (C=N–C) groups is 1. The van der Waals surface area contributed by atoms with Crippen LogP contribution in [0.3, 0.4) is 0 Å². The number of carbonyl (C=O) groups is 1. The first-order valence-electron chi connectivity index (χ1n) is 11.6. The summed E-state index contributed by atoms with van der Waals surface area (Å²) in [5, 5.41) is 3.71. The number of hydrogen-bond donors (Lipinski definition) is 2. The molecule has 1 atom stereocenters. The van der Waals surface area contributed by atoms with Gasteiger partial charge in [-0.1, -0.05) is 52.1 Å². The number of aromatic nitrogens is 2. The highest BCUT2D eigenvalue weighted by Crippen LogP contribution is 2.65. The second-order valence-corrected chi connectivity index (χ2v) is 11.0. The monoisotopic (exact) mass is 543 g/mol. The molecule has 194 valence electrons. The molecule has 4 rings (SSSR count). The summed E-state index contributed by atoms with van der Waals surface area (Å²) in [5.41, 5.74) is 1.72. The van der Waals surface area contributed by atoms with Crippen LogP contribution in [0.15, 0.2) is 82.0 Å². The van der Waals surface area contributed by atoms with Crippen molar-refractivity contribution in [1.29, 1.82) is 0 Å². The summed E-state index contributed by atoms with van der Waals surface area (Å²) in [6.07, 6.45) is 5.42. The van der Waals surface area contributed by atoms with Crippen LogP contribution in [0.2, 0.25) is 5.02 Å². The van der Waals surface area contributed by atoms with Crippen molar-refractivity contribution in [3.05, 3.63) is 88.6 Å². The number of hydrogen-bond acceptors (Lipinski definition) is 8. The second-order valence-electron chi connectivity index (χ2n) is 7.86. The van der Waals surface area contributed by atoms with Crippen LogP contribution >= 0.6 is 21.8 Å². The predicted molar refractivity (Wildman–Crippen MR) is 145 cm³/mol. The fraction of sp³-hybridized carbons (Fsp3) is 0.231. The quantitative estimate of drug-likeness (QED) is 0.261. The van der Waals surface area contributed by atoms with Crippen LogP contribution in [0.4, 0.5) is 10.1 Å². The van der Waals surface area contributed by atoms with Crippen LogP contribution in [-0.2, 0) is 14.3 Å². The number of nitrogens with one attached hydrogen (secondary N) is 2. The zero-order valence-electron chi connectivity index (χ0n) is 20.4. The molecule has 1 unspecified atom stereocenters. The number of anilines is 1. The largest absolute Gasteiger partial charge is 0.462 e. The van der Waals surface area contributed by atoms with Crippen molar-refractivity contribution in [2.75, 3.05) is 32.2 Å². The van der Waals surface area contributed by atoms with Crippen molar-refractivity contribution in [2.24, 2.45) is 4.99 Å². The number of amidine groups is 1. The van der Waals surface area contributed by atoms with Crippen molar-refractivity contribution < 1.29 is 18.7 Å². The third kappa shape index (κ3) is 5.67. The van der Waals surface area contributed by atoms with E-state index in [4.69, 9.17) is 26.1 Å². The van der Waals surface area contributed by atoms with Crippen molar-refractivity contribution in [1.82, 2.24) is 14.7 Å². The summed E-state index contributed by atoms with van der Waals surface area (Å²) in [6.45, 7) is 2.95. The van der Waals surface area contributed by atoms with E-state index in [0.29, 0.717) is 45.9 Å². The molecule has 0 amide bonds. The Kier molecular flexibility index (Phi) is 8.88. The second kappa shape index (κ2) is 12.3. The fourth-order valence-electron chi connectivity index (χ4n) is 3.81. The Morgan fingerprint density at radius 1 is 1.14 bits per heavy atom. The first-order chi connectivity index (χ1) is 18.0. The molecule has 1 aliphatic rings. The highest BCUT2D eigenvalue weighted by molar-refractivity contribution is 8.47. The number of methoxy groups -OCH3 is 1. The van der Waals surface area contributed by atoms with Gasteiger partial charge < -0.3 is 14.8 Å². The molecule has 0 saturated carbocycles. The predicted octanol–water partition coefficient (Wildman–Crippen LogP) is 5.39. The standard InChI is InChI=1S/C26H27ClFN5O3S/c1-3-36-25(34)24-23(18-8-5-4-6-9-18)33-26(32-19-10-11-22(28)21(27)14-19)37(24,31-12-7-13-35-2)20-15-29-17-30-16-20/h4-6,8-11,14-17,31H,3,7,12-13H2,1-2H3,(H,32,33). The normalized spacial score (nSPS) is 18.8. The van der Waals surface area contributed by atoms with E-state index in [-0.39, 0.29) is 11.6 Å². The number of nitrogens with zero attached hydrogens (tertiary/aromatic N) is 3. The van der Waals surface area contributed by atoms with Gasteiger partial charge in [-0.3, -0.25) is 4.72 Å². The summed E-state index contributed by atoms with van der Waals surface area (Å²) in [7, 11) is -0.933. The Labute approximate surface area is 221 Å². The molecule has 0 radical (unpaired) electrons. The van der Waals surface area contributed by atoms with Crippen molar-refractivity contribution in [2.45, 2.75) is 18.2 Å². The maximum absolute atomic E-state index is 13.9. The van der Waals surface area contributed by atoms with E-state index >= 15 is 0 Å². The molecule has 2 heterocycles. The molecule has 11 heteroatoms. The van der Waals surface area contributed by atoms with E-state index in [1.165, 1.54) is 18.5 Å². The highest BCUT2D eigenvalue weighted by Gasteiger charge is 2.47. The van der Waals surface area contributed by atoms with E-state index in [1.807, 2.05) is 30.3 Å². The van der Waals surface area contributed by atoms with Gasteiger partial charge in [-0.2, -0.15) is 0 Å². The van der Waals surface area contributed by atoms with Crippen molar-refractivity contribution in [3.63, 3.8) is 0 Å². The molecule has 8 nitrogen and oxygen atoms in total. The first-order valence-corrected chi connectivity index (χ1v) is 13.6. The Morgan fingerprint density at radius 2 is 1.89 bits per heavy atom. The SMILES string of the molecule is CCOC(=O)C1=C(c2ccccc2)N=C(Nc2ccc(F)c(Cl)c2)S1(NCCCOC)c1cncnc1. The minimum atomic E-state index is -2.57. The number of rotatable bonds is 10. The summed E-state index contributed by atoms with van der Waals surface area (Å²) >= 11 is 6.07. The van der Waals surface area contributed by atoms with Crippen LogP contribution in [0.25, 0.3) is 5.70 Å². The fourth-order valence-corrected chi connectivity index (χ4v) is 7.24. The molecule has 2 aromatic carbocycles. The first kappa shape index (κ1) is 26.7. The van der Waals surface area contributed by atoms with Gasteiger partial charge in [0.15, 0.2) is 5.17 Å². The average molecular weight is 544 g/mol. The Bertz CT molecular complexity index is 1310. The zero-order valence-corrected chi connectivity index (χ0v) is 22.0. The molecule has 0 fully saturated rings. The lowest BCUT2D eigenvalue weighted by Crippen LogP contribution is -2.35. The third-order valence-corrected chi connectivity index (χ3v) is 9.03. The van der Waals surface area contributed by atoms with Gasteiger partial charge in [0.1, 0.15) is 17.0 Å². The molecular weight excluding hydrogens is 517 g/mol. The van der Waals surface area contributed by atoms with E-state index in [2.05, 4.69) is 20.0 Å². The van der Waals surface area contributed by atoms with E-state index in [1.54, 1.807) is 32.5 Å². The van der Waals surface area contributed by atoms with Crippen molar-refractivity contribution >= 4 is 44.3 Å². The van der Waals surface area contributed by atoms with Gasteiger partial charge in [0, 0.05) is 43.9 Å². The lowest BCUT2D eigenvalue weighted by atomic mass is 10.1. The zero-order chi connectivity index (χ0) is 26.3. The lowest BCUT2D eigenvalue weighted by Gasteiger charge is -2.39. The summed E-state index contributed by atoms with van der Waals surface area (Å²) in [4.78, 5) is 28.1. The smallest absolute Gasteiger partial charge is 0.347 e. The topological polar surface area (TPSA) is 97.7 Å². The van der Waals surface area contributed by atoms with Crippen LogP contribution in [-0.4, -0.2) is 48.0 Å². The van der Waals surface area contributed by atoms with Gasteiger partial charge >= 0.3 is 5.97 Å². The van der Waals surface area contributed by atoms with Crippen LogP contribution < -0.4 is 10.0 Å². The van der Waals surface area contributed by atoms with Gasteiger partial charge in [0.25, 0.3) is 0 Å². The van der Waals surface area contributed by atoms with Gasteiger partial charge in [0.2, 0.25) is 0 Å². The molecule has 0 spiro atoms. The van der Waals surface area contributed by atoms with Crippen LogP contribution in [0.5, 0.6) is 0 Å². The van der Waals surface area contributed by atoms with E-state index < -0.39 is 22.0 Å². The molecule has 1 aromatic heterocycles. The van der Waals surface area contributed by atoms with E-state index in [0.717, 1.165) is 5.56 Å². The Hall–Kier alpha value is -3.31. The number of ether oxygens (including phenoxy) is 2. The van der Waals surface area contributed by atoms with E-state index in [9.17, 15) is 9.18 Å². The van der Waals surface area contributed by atoms with Gasteiger partial charge in [0.05, 0.1) is 22.2 Å². The average Bonchev–Trinajstić information content (AvgIpc) is 3.24. The Morgan fingerprint density at radius 3 is 2.57 bits per heavy atom. The van der Waals surface area contributed by atoms with Gasteiger partial charge in [-0.25, -0.2) is 24.1 Å². The van der Waals surface area contributed by atoms with Crippen LogP contribution in [0.1, 0.15) is 18.9 Å². The van der Waals surface area contributed by atoms with Crippen LogP contribution in [0, 0.1) is 5.82 Å². The van der Waals surface area contributed by atoms with Gasteiger partial charge in [-0.15, -0.1) is 0 Å². The maximum atomic E-state index is 13.9. The summed E-state index contributed by atoms with van der Waals surface area (Å²) < 4.78 is 28.3.